The lowest BCUT2D eigenvalue weighted by Crippen LogP contribution is -2.55. The minimum absolute atomic E-state index is 0.0559. The highest BCUT2D eigenvalue weighted by Gasteiger charge is 2.32. The summed E-state index contributed by atoms with van der Waals surface area (Å²) < 4.78 is 22.4. The number of benzene rings is 3. The number of amidine groups is 1. The molecule has 0 radical (unpaired) electrons. The van der Waals surface area contributed by atoms with Crippen LogP contribution in [0.4, 0.5) is 5.69 Å². The third-order valence-corrected chi connectivity index (χ3v) is 6.53. The summed E-state index contributed by atoms with van der Waals surface area (Å²) in [6.45, 7) is 3.83. The number of fused-ring (bicyclic) bond motifs is 2. The van der Waals surface area contributed by atoms with E-state index in [0.29, 0.717) is 48.2 Å². The van der Waals surface area contributed by atoms with Crippen LogP contribution in [0, 0.1) is 0 Å². The molecule has 0 N–H and O–H groups in total. The van der Waals surface area contributed by atoms with E-state index in [-0.39, 0.29) is 11.9 Å². The second-order valence-electron chi connectivity index (χ2n) is 8.76. The molecule has 3 aromatic carbocycles. The maximum atomic E-state index is 13.5. The number of rotatable bonds is 4. The van der Waals surface area contributed by atoms with Gasteiger partial charge in [0.05, 0.1) is 26.9 Å². The van der Waals surface area contributed by atoms with E-state index in [9.17, 15) is 4.79 Å². The molecule has 2 aliphatic rings. The number of amides is 1. The number of carbonyl (C=O) groups is 1. The van der Waals surface area contributed by atoms with Gasteiger partial charge in [0, 0.05) is 37.3 Å². The molecule has 0 spiro atoms. The summed E-state index contributed by atoms with van der Waals surface area (Å²) >= 11 is 0. The fourth-order valence-electron chi connectivity index (χ4n) is 4.62. The average Bonchev–Trinajstić information content (AvgIpc) is 3.08. The van der Waals surface area contributed by atoms with Crippen molar-refractivity contribution in [2.45, 2.75) is 13.0 Å². The number of nitrogens with zero attached hydrogens (tertiary/aromatic N) is 3. The monoisotopic (exact) mass is 487 g/mol. The number of methoxy groups -OCH3 is 3. The quantitative estimate of drug-likeness (QED) is 0.529. The van der Waals surface area contributed by atoms with E-state index >= 15 is 0 Å². The van der Waals surface area contributed by atoms with Crippen molar-refractivity contribution in [3.05, 3.63) is 71.8 Å². The molecular weight excluding hydrogens is 458 g/mol. The van der Waals surface area contributed by atoms with Crippen LogP contribution in [0.2, 0.25) is 0 Å². The van der Waals surface area contributed by atoms with Gasteiger partial charge >= 0.3 is 0 Å². The average molecular weight is 488 g/mol. The predicted octanol–water partition coefficient (Wildman–Crippen LogP) is 4.74. The number of ether oxygens (including phenoxy) is 4. The molecule has 2 heterocycles. The molecule has 1 saturated heterocycles. The standard InChI is InChI=1S/C28H29N3O5/c1-18-17-30(11-12-31(18)28(32)19-13-21(34-3)15-22(14-19)35-4)27-23-16-20(33-2)9-10-25(23)36-26-8-6-5-7-24(26)29-27/h5-10,13-16,18H,11-12,17H2,1-4H3. The molecule has 0 saturated carbocycles. The Morgan fingerprint density at radius 3 is 2.31 bits per heavy atom. The van der Waals surface area contributed by atoms with Crippen LogP contribution in [0.15, 0.2) is 65.7 Å². The van der Waals surface area contributed by atoms with E-state index in [4.69, 9.17) is 23.9 Å². The van der Waals surface area contributed by atoms with Crippen molar-refractivity contribution in [1.29, 1.82) is 0 Å². The van der Waals surface area contributed by atoms with Gasteiger partial charge in [-0.3, -0.25) is 4.79 Å². The van der Waals surface area contributed by atoms with Crippen molar-refractivity contribution in [2.75, 3.05) is 41.0 Å². The minimum Gasteiger partial charge on any atom is -0.497 e. The van der Waals surface area contributed by atoms with Gasteiger partial charge in [0.25, 0.3) is 5.91 Å². The molecule has 0 aromatic heterocycles. The van der Waals surface area contributed by atoms with Gasteiger partial charge < -0.3 is 28.7 Å². The Labute approximate surface area is 210 Å². The number of para-hydroxylation sites is 2. The molecule has 8 nitrogen and oxygen atoms in total. The second-order valence-corrected chi connectivity index (χ2v) is 8.76. The van der Waals surface area contributed by atoms with Crippen molar-refractivity contribution in [3.63, 3.8) is 0 Å². The Kier molecular flexibility index (Phi) is 6.41. The van der Waals surface area contributed by atoms with Crippen molar-refractivity contribution in [2.24, 2.45) is 4.99 Å². The Morgan fingerprint density at radius 1 is 0.889 bits per heavy atom. The van der Waals surface area contributed by atoms with Gasteiger partial charge in [-0.2, -0.15) is 0 Å². The number of aliphatic imine (C=N–C) groups is 1. The third kappa shape index (κ3) is 4.42. The third-order valence-electron chi connectivity index (χ3n) is 6.53. The number of piperazine rings is 1. The van der Waals surface area contributed by atoms with Crippen molar-refractivity contribution in [3.8, 4) is 28.7 Å². The van der Waals surface area contributed by atoms with Crippen molar-refractivity contribution < 1.29 is 23.7 Å². The van der Waals surface area contributed by atoms with Crippen LogP contribution >= 0.6 is 0 Å². The van der Waals surface area contributed by atoms with Gasteiger partial charge in [0.1, 0.15) is 34.5 Å². The van der Waals surface area contributed by atoms with Crippen LogP contribution in [-0.4, -0.2) is 68.5 Å². The molecule has 1 amide bonds. The fraction of sp³-hybridized carbons (Fsp3) is 0.286. The summed E-state index contributed by atoms with van der Waals surface area (Å²) in [5, 5.41) is 0. The molecule has 2 aliphatic heterocycles. The van der Waals surface area contributed by atoms with Gasteiger partial charge in [-0.05, 0) is 49.4 Å². The largest absolute Gasteiger partial charge is 0.497 e. The van der Waals surface area contributed by atoms with Crippen LogP contribution in [0.1, 0.15) is 22.8 Å². The Hall–Kier alpha value is -4.20. The van der Waals surface area contributed by atoms with Crippen LogP contribution in [-0.2, 0) is 0 Å². The summed E-state index contributed by atoms with van der Waals surface area (Å²) in [5.74, 6) is 4.06. The highest BCUT2D eigenvalue weighted by Crippen LogP contribution is 2.39. The van der Waals surface area contributed by atoms with E-state index in [1.54, 1.807) is 39.5 Å². The molecule has 36 heavy (non-hydrogen) atoms. The van der Waals surface area contributed by atoms with Crippen LogP contribution in [0.3, 0.4) is 0 Å². The minimum atomic E-state index is -0.0575. The SMILES string of the molecule is COc1cc(OC)cc(C(=O)N2CCN(C3=Nc4ccccc4Oc4ccc(OC)cc43)CC2C)c1. The fourth-order valence-corrected chi connectivity index (χ4v) is 4.62. The Bertz CT molecular complexity index is 1300. The molecule has 1 fully saturated rings. The smallest absolute Gasteiger partial charge is 0.254 e. The second kappa shape index (κ2) is 9.81. The normalized spacial score (nSPS) is 16.7. The topological polar surface area (TPSA) is 72.8 Å². The van der Waals surface area contributed by atoms with Gasteiger partial charge in [0.2, 0.25) is 0 Å². The molecule has 8 heteroatoms. The van der Waals surface area contributed by atoms with Crippen LogP contribution in [0.25, 0.3) is 0 Å². The van der Waals surface area contributed by atoms with Gasteiger partial charge in [-0.1, -0.05) is 12.1 Å². The zero-order valence-corrected chi connectivity index (χ0v) is 20.9. The van der Waals surface area contributed by atoms with Gasteiger partial charge in [0.15, 0.2) is 5.75 Å². The van der Waals surface area contributed by atoms with Crippen molar-refractivity contribution in [1.82, 2.24) is 9.80 Å². The number of carbonyl (C=O) groups excluding carboxylic acids is 1. The lowest BCUT2D eigenvalue weighted by molar-refractivity contribution is 0.0580. The van der Waals surface area contributed by atoms with Gasteiger partial charge in [-0.15, -0.1) is 0 Å². The molecular formula is C28H29N3O5. The molecule has 1 atom stereocenters. The van der Waals surface area contributed by atoms with E-state index in [2.05, 4.69) is 11.8 Å². The van der Waals surface area contributed by atoms with E-state index in [1.165, 1.54) is 0 Å². The molecule has 1 unspecified atom stereocenters. The lowest BCUT2D eigenvalue weighted by atomic mass is 10.1. The number of hydrogen-bond donors (Lipinski definition) is 0. The maximum absolute atomic E-state index is 13.5. The first-order valence-corrected chi connectivity index (χ1v) is 11.8. The molecule has 0 bridgehead atoms. The molecule has 5 rings (SSSR count). The van der Waals surface area contributed by atoms with E-state index in [1.807, 2.05) is 47.4 Å². The predicted molar refractivity (Wildman–Crippen MR) is 137 cm³/mol. The first-order chi connectivity index (χ1) is 17.5. The summed E-state index contributed by atoms with van der Waals surface area (Å²) in [7, 11) is 4.80. The van der Waals surface area contributed by atoms with Crippen LogP contribution in [0.5, 0.6) is 28.7 Å². The van der Waals surface area contributed by atoms with E-state index in [0.717, 1.165) is 22.8 Å². The molecule has 0 aliphatic carbocycles. The van der Waals surface area contributed by atoms with E-state index < -0.39 is 0 Å². The van der Waals surface area contributed by atoms with Gasteiger partial charge in [-0.25, -0.2) is 4.99 Å². The zero-order valence-electron chi connectivity index (χ0n) is 20.9. The zero-order chi connectivity index (χ0) is 25.2. The summed E-state index contributed by atoms with van der Waals surface area (Å²) in [4.78, 5) is 22.6. The molecule has 186 valence electrons. The molecule has 3 aromatic rings. The number of hydrogen-bond acceptors (Lipinski definition) is 7. The maximum Gasteiger partial charge on any atom is 0.254 e. The summed E-state index contributed by atoms with van der Waals surface area (Å²) in [6, 6.07) is 18.7. The first-order valence-electron chi connectivity index (χ1n) is 11.8. The highest BCUT2D eigenvalue weighted by molar-refractivity contribution is 6.04. The first kappa shape index (κ1) is 23.5. The summed E-state index contributed by atoms with van der Waals surface area (Å²) in [6.07, 6.45) is 0. The lowest BCUT2D eigenvalue weighted by Gasteiger charge is -2.41. The highest BCUT2D eigenvalue weighted by atomic mass is 16.5. The Balaban J connectivity index is 1.45. The van der Waals surface area contributed by atoms with Crippen molar-refractivity contribution >= 4 is 17.4 Å². The Morgan fingerprint density at radius 2 is 1.61 bits per heavy atom. The summed E-state index contributed by atoms with van der Waals surface area (Å²) in [5.41, 5.74) is 2.16. The van der Waals surface area contributed by atoms with Crippen LogP contribution < -0.4 is 18.9 Å².